The third-order valence-corrected chi connectivity index (χ3v) is 15.8. The van der Waals surface area contributed by atoms with Crippen molar-refractivity contribution in [3.05, 3.63) is 289 Å². The molecular formula is C71H52N2. The molecule has 0 fully saturated rings. The van der Waals surface area contributed by atoms with Crippen molar-refractivity contribution in [1.82, 2.24) is 4.57 Å². The second-order valence-corrected chi connectivity index (χ2v) is 20.9. The second-order valence-electron chi connectivity index (χ2n) is 20.9. The summed E-state index contributed by atoms with van der Waals surface area (Å²) in [7, 11) is 0. The molecule has 0 radical (unpaired) electrons. The first-order chi connectivity index (χ1) is 35.8. The molecule has 73 heavy (non-hydrogen) atoms. The Bertz CT molecular complexity index is 4250. The topological polar surface area (TPSA) is 8.17 Å². The molecule has 0 aliphatic heterocycles. The number of anilines is 3. The van der Waals surface area contributed by atoms with Crippen molar-refractivity contribution in [3.63, 3.8) is 0 Å². The Morgan fingerprint density at radius 1 is 0.356 bits per heavy atom. The van der Waals surface area contributed by atoms with Gasteiger partial charge in [-0.2, -0.15) is 0 Å². The van der Waals surface area contributed by atoms with E-state index in [9.17, 15) is 0 Å². The second kappa shape index (κ2) is 16.6. The van der Waals surface area contributed by atoms with Crippen LogP contribution in [0.5, 0.6) is 0 Å². The average molecular weight is 933 g/mol. The molecule has 2 heteroatoms. The van der Waals surface area contributed by atoms with Crippen molar-refractivity contribution in [2.75, 3.05) is 4.90 Å². The smallest absolute Gasteiger partial charge is 0.0714 e. The van der Waals surface area contributed by atoms with Crippen LogP contribution in [0.3, 0.4) is 0 Å². The van der Waals surface area contributed by atoms with Crippen LogP contribution in [-0.4, -0.2) is 4.57 Å². The maximum atomic E-state index is 2.49. The number of aromatic nitrogens is 1. The first-order valence-corrected chi connectivity index (χ1v) is 25.6. The van der Waals surface area contributed by atoms with Crippen molar-refractivity contribution < 1.29 is 0 Å². The van der Waals surface area contributed by atoms with Crippen LogP contribution < -0.4 is 4.90 Å². The van der Waals surface area contributed by atoms with Gasteiger partial charge in [0.05, 0.1) is 22.1 Å². The first kappa shape index (κ1) is 42.9. The van der Waals surface area contributed by atoms with E-state index in [1.165, 1.54) is 104 Å². The fourth-order valence-corrected chi connectivity index (χ4v) is 12.3. The van der Waals surface area contributed by atoms with Crippen molar-refractivity contribution >= 4 is 71.2 Å². The molecule has 346 valence electrons. The van der Waals surface area contributed by atoms with Crippen molar-refractivity contribution in [2.24, 2.45) is 0 Å². The van der Waals surface area contributed by atoms with Crippen LogP contribution in [0.4, 0.5) is 17.1 Å². The number of hydrogen-bond acceptors (Lipinski definition) is 1. The van der Waals surface area contributed by atoms with E-state index in [-0.39, 0.29) is 5.41 Å². The molecule has 0 unspecified atom stereocenters. The van der Waals surface area contributed by atoms with Crippen LogP contribution in [-0.2, 0) is 10.8 Å². The summed E-state index contributed by atoms with van der Waals surface area (Å²) in [5, 5.41) is 9.84. The maximum Gasteiger partial charge on any atom is 0.0714 e. The molecule has 0 saturated carbocycles. The number of para-hydroxylation sites is 1. The SMILES string of the molecule is CC(C)(C)c1ccc(N(c2ccc3cc(-c4ccc5c6ccccc6n(-c6ccc7c(c6)C(c6ccccc6)(c6ccccc6)c6ccccc6-7)c5c4)ccc3c2)c2cc3ccccc3c3ccccc23)cc1. The number of nitrogens with zero attached hydrogens (tertiary/aromatic N) is 2. The Balaban J connectivity index is 0.908. The minimum Gasteiger partial charge on any atom is -0.310 e. The summed E-state index contributed by atoms with van der Waals surface area (Å²) in [5.74, 6) is 0. The van der Waals surface area contributed by atoms with Crippen LogP contribution in [0.1, 0.15) is 48.6 Å². The molecular weight excluding hydrogens is 881 g/mol. The highest BCUT2D eigenvalue weighted by Crippen LogP contribution is 2.57. The molecule has 0 N–H and O–H groups in total. The summed E-state index contributed by atoms with van der Waals surface area (Å²) >= 11 is 0. The summed E-state index contributed by atoms with van der Waals surface area (Å²) in [6.07, 6.45) is 0. The van der Waals surface area contributed by atoms with Crippen LogP contribution in [0.2, 0.25) is 0 Å². The van der Waals surface area contributed by atoms with E-state index in [1.807, 2.05) is 0 Å². The minimum atomic E-state index is -0.490. The highest BCUT2D eigenvalue weighted by molar-refractivity contribution is 6.15. The summed E-state index contributed by atoms with van der Waals surface area (Å²) in [6.45, 7) is 6.84. The number of rotatable bonds is 7. The first-order valence-electron chi connectivity index (χ1n) is 25.6. The van der Waals surface area contributed by atoms with E-state index in [1.54, 1.807) is 0 Å². The van der Waals surface area contributed by atoms with Gasteiger partial charge < -0.3 is 9.47 Å². The van der Waals surface area contributed by atoms with Gasteiger partial charge in [-0.05, 0) is 143 Å². The van der Waals surface area contributed by atoms with Gasteiger partial charge in [-0.1, -0.05) is 221 Å². The molecule has 0 atom stereocenters. The fraction of sp³-hybridized carbons (Fsp3) is 0.0704. The van der Waals surface area contributed by atoms with E-state index in [2.05, 4.69) is 291 Å². The zero-order chi connectivity index (χ0) is 48.8. The van der Waals surface area contributed by atoms with Gasteiger partial charge in [0.1, 0.15) is 0 Å². The van der Waals surface area contributed by atoms with E-state index in [4.69, 9.17) is 0 Å². The highest BCUT2D eigenvalue weighted by Gasteiger charge is 2.46. The number of benzene rings is 12. The normalized spacial score (nSPS) is 13.0. The van der Waals surface area contributed by atoms with Crippen LogP contribution in [0.15, 0.2) is 261 Å². The molecule has 1 aliphatic rings. The van der Waals surface area contributed by atoms with Crippen LogP contribution >= 0.6 is 0 Å². The Labute approximate surface area is 426 Å². The van der Waals surface area contributed by atoms with Crippen LogP contribution in [0.25, 0.3) is 82.1 Å². The summed E-state index contributed by atoms with van der Waals surface area (Å²) in [4.78, 5) is 2.45. The van der Waals surface area contributed by atoms with E-state index < -0.39 is 5.41 Å². The van der Waals surface area contributed by atoms with E-state index in [0.29, 0.717) is 0 Å². The lowest BCUT2D eigenvalue weighted by Gasteiger charge is -2.34. The molecule has 13 aromatic rings. The van der Waals surface area contributed by atoms with Gasteiger partial charge in [0, 0.05) is 33.2 Å². The molecule has 14 rings (SSSR count). The highest BCUT2D eigenvalue weighted by atomic mass is 15.1. The Morgan fingerprint density at radius 3 is 1.70 bits per heavy atom. The Hall–Kier alpha value is -8.98. The third-order valence-electron chi connectivity index (χ3n) is 15.8. The van der Waals surface area contributed by atoms with E-state index >= 15 is 0 Å². The van der Waals surface area contributed by atoms with E-state index in [0.717, 1.165) is 22.7 Å². The van der Waals surface area contributed by atoms with Crippen molar-refractivity contribution in [2.45, 2.75) is 31.6 Å². The molecule has 0 saturated heterocycles. The predicted octanol–water partition coefficient (Wildman–Crippen LogP) is 19.0. The zero-order valence-electron chi connectivity index (χ0n) is 41.2. The lowest BCUT2D eigenvalue weighted by atomic mass is 9.67. The average Bonchev–Trinajstić information content (AvgIpc) is 3.96. The third kappa shape index (κ3) is 6.71. The lowest BCUT2D eigenvalue weighted by Crippen LogP contribution is -2.28. The number of hydrogen-bond donors (Lipinski definition) is 0. The molecule has 0 spiro atoms. The van der Waals surface area contributed by atoms with Gasteiger partial charge in [0.15, 0.2) is 0 Å². The predicted molar refractivity (Wildman–Crippen MR) is 309 cm³/mol. The lowest BCUT2D eigenvalue weighted by molar-refractivity contribution is 0.590. The molecule has 0 bridgehead atoms. The molecule has 2 nitrogen and oxygen atoms in total. The van der Waals surface area contributed by atoms with Crippen molar-refractivity contribution in [1.29, 1.82) is 0 Å². The standard InChI is InChI=1S/C71H52N2/c1-70(2,3)52-34-37-55(38-35-52)72(68-45-51-18-10-11-23-58(51)59-24-12-13-26-62(59)68)56-36-32-48-42-47(30-31-49(48)43-56)50-33-40-64-63-27-15-17-29-67(63)73(69(64)44-50)57-39-41-61-60-25-14-16-28-65(60)71(66(61)46-57,53-19-6-4-7-20-53)54-21-8-5-9-22-54/h4-46H,1-3H3. The molecule has 1 heterocycles. The van der Waals surface area contributed by atoms with Gasteiger partial charge >= 0.3 is 0 Å². The monoisotopic (exact) mass is 932 g/mol. The molecule has 1 aliphatic carbocycles. The molecule has 1 aromatic heterocycles. The summed E-state index contributed by atoms with van der Waals surface area (Å²) in [5.41, 5.74) is 17.9. The summed E-state index contributed by atoms with van der Waals surface area (Å²) in [6, 6.07) is 97.3. The largest absolute Gasteiger partial charge is 0.310 e. The van der Waals surface area contributed by atoms with Crippen LogP contribution in [0, 0.1) is 0 Å². The Morgan fingerprint density at radius 2 is 0.932 bits per heavy atom. The minimum absolute atomic E-state index is 0.0493. The Kier molecular flexibility index (Phi) is 9.72. The zero-order valence-corrected chi connectivity index (χ0v) is 41.2. The molecule has 12 aromatic carbocycles. The van der Waals surface area contributed by atoms with Gasteiger partial charge in [0.2, 0.25) is 0 Å². The number of fused-ring (bicyclic) bond motifs is 10. The van der Waals surface area contributed by atoms with Gasteiger partial charge in [-0.15, -0.1) is 0 Å². The van der Waals surface area contributed by atoms with Gasteiger partial charge in [-0.3, -0.25) is 0 Å². The van der Waals surface area contributed by atoms with Gasteiger partial charge in [-0.25, -0.2) is 0 Å². The maximum absolute atomic E-state index is 2.49. The quantitative estimate of drug-likeness (QED) is 0.145. The van der Waals surface area contributed by atoms with Gasteiger partial charge in [0.25, 0.3) is 0 Å². The summed E-state index contributed by atoms with van der Waals surface area (Å²) < 4.78 is 2.49. The fourth-order valence-electron chi connectivity index (χ4n) is 12.3. The molecule has 0 amide bonds. The van der Waals surface area contributed by atoms with Crippen molar-refractivity contribution in [3.8, 4) is 27.9 Å².